The summed E-state index contributed by atoms with van der Waals surface area (Å²) in [5, 5.41) is 0.955. The second-order valence-corrected chi connectivity index (χ2v) is 5.90. The van der Waals surface area contributed by atoms with Gasteiger partial charge in [0, 0.05) is 41.4 Å². The van der Waals surface area contributed by atoms with E-state index in [0.29, 0.717) is 0 Å². The summed E-state index contributed by atoms with van der Waals surface area (Å²) in [4.78, 5) is 11.8. The van der Waals surface area contributed by atoms with Crippen molar-refractivity contribution in [2.45, 2.75) is 0 Å². The summed E-state index contributed by atoms with van der Waals surface area (Å²) >= 11 is 0. The predicted octanol–water partition coefficient (Wildman–Crippen LogP) is 4.47. The van der Waals surface area contributed by atoms with Gasteiger partial charge in [-0.05, 0) is 24.3 Å². The molecule has 0 spiro atoms. The molecule has 2 aromatic carbocycles. The van der Waals surface area contributed by atoms with Gasteiger partial charge < -0.3 is 13.7 Å². The number of aromatic nitrogens is 1. The fraction of sp³-hybridized carbons (Fsp3) is 0.0952. The van der Waals surface area contributed by atoms with Crippen molar-refractivity contribution in [2.24, 2.45) is 7.05 Å². The Labute approximate surface area is 144 Å². The smallest absolute Gasteiger partial charge is 0.250 e. The third-order valence-corrected chi connectivity index (χ3v) is 4.31. The van der Waals surface area contributed by atoms with E-state index < -0.39 is 0 Å². The monoisotopic (exact) mass is 331 g/mol. The van der Waals surface area contributed by atoms with Crippen LogP contribution in [0.1, 0.15) is 0 Å². The van der Waals surface area contributed by atoms with Crippen molar-refractivity contribution in [3.63, 3.8) is 0 Å². The molecule has 0 aliphatic rings. The molecule has 4 aromatic rings. The number of aryl methyl sites for hydroxylation is 1. The van der Waals surface area contributed by atoms with Gasteiger partial charge in [-0.25, -0.2) is 0 Å². The maximum absolute atomic E-state index is 11.8. The zero-order chi connectivity index (χ0) is 17.4. The molecule has 0 unspecified atom stereocenters. The Hall–Kier alpha value is -3.27. The van der Waals surface area contributed by atoms with Gasteiger partial charge in [-0.2, -0.15) is 0 Å². The van der Waals surface area contributed by atoms with Gasteiger partial charge in [0.25, 0.3) is 0 Å². The zero-order valence-corrected chi connectivity index (χ0v) is 14.0. The molecule has 4 rings (SSSR count). The average molecular weight is 331 g/mol. The van der Waals surface area contributed by atoms with E-state index in [-0.39, 0.29) is 5.56 Å². The Morgan fingerprint density at radius 1 is 0.960 bits per heavy atom. The van der Waals surface area contributed by atoms with Crippen LogP contribution in [0.4, 0.5) is 0 Å². The number of hydrogen-bond donors (Lipinski definition) is 0. The lowest BCUT2D eigenvalue weighted by atomic mass is 10.00. The summed E-state index contributed by atoms with van der Waals surface area (Å²) in [7, 11) is 3.39. The summed E-state index contributed by atoms with van der Waals surface area (Å²) in [6.45, 7) is 0. The summed E-state index contributed by atoms with van der Waals surface area (Å²) in [6.07, 6.45) is 1.83. The van der Waals surface area contributed by atoms with Crippen LogP contribution in [-0.2, 0) is 7.05 Å². The Morgan fingerprint density at radius 2 is 1.76 bits per heavy atom. The number of hydrogen-bond acceptors (Lipinski definition) is 3. The lowest BCUT2D eigenvalue weighted by molar-refractivity contribution is 0.415. The van der Waals surface area contributed by atoms with Crippen LogP contribution in [-0.4, -0.2) is 11.7 Å². The minimum atomic E-state index is -0.0459. The zero-order valence-electron chi connectivity index (χ0n) is 14.0. The van der Waals surface area contributed by atoms with Gasteiger partial charge in [0.2, 0.25) is 5.56 Å². The fourth-order valence-electron chi connectivity index (χ4n) is 3.02. The Kier molecular flexibility index (Phi) is 3.65. The van der Waals surface area contributed by atoms with Crippen molar-refractivity contribution in [1.29, 1.82) is 0 Å². The minimum Gasteiger partial charge on any atom is -0.497 e. The summed E-state index contributed by atoms with van der Waals surface area (Å²) in [6, 6.07) is 19.1. The first kappa shape index (κ1) is 15.3. The number of ether oxygens (including phenoxy) is 1. The minimum absolute atomic E-state index is 0.0459. The molecule has 2 heterocycles. The first-order chi connectivity index (χ1) is 12.2. The van der Waals surface area contributed by atoms with E-state index in [1.165, 1.54) is 0 Å². The molecule has 0 amide bonds. The second-order valence-electron chi connectivity index (χ2n) is 5.90. The molecule has 0 aliphatic carbocycles. The van der Waals surface area contributed by atoms with Crippen molar-refractivity contribution < 1.29 is 9.15 Å². The van der Waals surface area contributed by atoms with E-state index in [4.69, 9.17) is 9.15 Å². The normalized spacial score (nSPS) is 11.0. The van der Waals surface area contributed by atoms with Gasteiger partial charge in [-0.1, -0.05) is 30.3 Å². The first-order valence-corrected chi connectivity index (χ1v) is 8.00. The van der Waals surface area contributed by atoms with Gasteiger partial charge in [0.05, 0.1) is 7.11 Å². The molecule has 0 radical (unpaired) electrons. The number of fused-ring (bicyclic) bond motifs is 1. The fourth-order valence-corrected chi connectivity index (χ4v) is 3.02. The van der Waals surface area contributed by atoms with Crippen LogP contribution < -0.4 is 10.3 Å². The van der Waals surface area contributed by atoms with Crippen LogP contribution in [0, 0.1) is 0 Å². The summed E-state index contributed by atoms with van der Waals surface area (Å²) < 4.78 is 13.1. The van der Waals surface area contributed by atoms with Crippen molar-refractivity contribution >= 4 is 11.0 Å². The number of methoxy groups -OCH3 is 1. The third kappa shape index (κ3) is 2.62. The molecule has 25 heavy (non-hydrogen) atoms. The van der Waals surface area contributed by atoms with Gasteiger partial charge in [0.1, 0.15) is 17.1 Å². The molecule has 4 heteroatoms. The molecule has 0 saturated heterocycles. The molecule has 0 aliphatic heterocycles. The molecular formula is C21H17NO3. The first-order valence-electron chi connectivity index (χ1n) is 8.00. The molecule has 124 valence electrons. The highest BCUT2D eigenvalue weighted by atomic mass is 16.5. The van der Waals surface area contributed by atoms with Crippen LogP contribution >= 0.6 is 0 Å². The SMILES string of the molecule is COc1ccc2oc(-c3ccccc3)c(-c3ccc(=O)n(C)c3)c2c1. The van der Waals surface area contributed by atoms with Crippen LogP contribution in [0.25, 0.3) is 33.4 Å². The van der Waals surface area contributed by atoms with Crippen molar-refractivity contribution in [3.05, 3.63) is 77.2 Å². The Morgan fingerprint density at radius 3 is 2.48 bits per heavy atom. The van der Waals surface area contributed by atoms with E-state index in [1.807, 2.05) is 60.8 Å². The van der Waals surface area contributed by atoms with Gasteiger partial charge in [0.15, 0.2) is 0 Å². The topological polar surface area (TPSA) is 44.4 Å². The van der Waals surface area contributed by atoms with E-state index in [0.717, 1.165) is 39.2 Å². The van der Waals surface area contributed by atoms with Gasteiger partial charge >= 0.3 is 0 Å². The standard InChI is InChI=1S/C21H17NO3/c1-22-13-15(8-11-19(22)23)20-17-12-16(24-2)9-10-18(17)25-21(20)14-6-4-3-5-7-14/h3-13H,1-2H3. The Bertz CT molecular complexity index is 1110. The van der Waals surface area contributed by atoms with Crippen LogP contribution in [0.3, 0.4) is 0 Å². The molecule has 0 saturated carbocycles. The van der Waals surface area contributed by atoms with E-state index in [1.54, 1.807) is 24.8 Å². The van der Waals surface area contributed by atoms with Crippen molar-refractivity contribution in [1.82, 2.24) is 4.57 Å². The van der Waals surface area contributed by atoms with E-state index in [9.17, 15) is 4.79 Å². The summed E-state index contributed by atoms with van der Waals surface area (Å²) in [5.41, 5.74) is 3.60. The summed E-state index contributed by atoms with van der Waals surface area (Å²) in [5.74, 6) is 1.54. The quantitative estimate of drug-likeness (QED) is 0.556. The lowest BCUT2D eigenvalue weighted by Gasteiger charge is -2.06. The second kappa shape index (κ2) is 5.98. The number of nitrogens with zero attached hydrogens (tertiary/aromatic N) is 1. The predicted molar refractivity (Wildman–Crippen MR) is 98.9 cm³/mol. The molecule has 0 bridgehead atoms. The van der Waals surface area contributed by atoms with Crippen LogP contribution in [0.5, 0.6) is 5.75 Å². The maximum Gasteiger partial charge on any atom is 0.250 e. The highest BCUT2D eigenvalue weighted by molar-refractivity contribution is 6.02. The maximum atomic E-state index is 11.8. The van der Waals surface area contributed by atoms with Crippen molar-refractivity contribution in [3.8, 4) is 28.2 Å². The number of furan rings is 1. The number of benzene rings is 2. The van der Waals surface area contributed by atoms with E-state index >= 15 is 0 Å². The average Bonchev–Trinajstić information content (AvgIpc) is 3.03. The van der Waals surface area contributed by atoms with Crippen molar-refractivity contribution in [2.75, 3.05) is 7.11 Å². The lowest BCUT2D eigenvalue weighted by Crippen LogP contribution is -2.13. The van der Waals surface area contributed by atoms with Crippen LogP contribution in [0.2, 0.25) is 0 Å². The third-order valence-electron chi connectivity index (χ3n) is 4.31. The van der Waals surface area contributed by atoms with Gasteiger partial charge in [-0.15, -0.1) is 0 Å². The largest absolute Gasteiger partial charge is 0.497 e. The molecular weight excluding hydrogens is 314 g/mol. The molecule has 2 aromatic heterocycles. The number of rotatable bonds is 3. The molecule has 4 nitrogen and oxygen atoms in total. The molecule has 0 fully saturated rings. The number of pyridine rings is 1. The van der Waals surface area contributed by atoms with Crippen LogP contribution in [0.15, 0.2) is 76.1 Å². The highest BCUT2D eigenvalue weighted by Crippen LogP contribution is 2.41. The Balaban J connectivity index is 2.07. The van der Waals surface area contributed by atoms with Gasteiger partial charge in [-0.3, -0.25) is 4.79 Å². The molecule has 0 N–H and O–H groups in total. The molecule has 0 atom stereocenters. The highest BCUT2D eigenvalue weighted by Gasteiger charge is 2.18. The van der Waals surface area contributed by atoms with E-state index in [2.05, 4.69) is 0 Å².